The van der Waals surface area contributed by atoms with Crippen LogP contribution >= 0.6 is 0 Å². The molecular weight excluding hydrogens is 166 g/mol. The van der Waals surface area contributed by atoms with Gasteiger partial charge in [0, 0.05) is 33.2 Å². The Hall–Kier alpha value is -0.610. The Kier molecular flexibility index (Phi) is 3.69. The highest BCUT2D eigenvalue weighted by molar-refractivity contribution is 5.77. The number of hydrogen-bond donors (Lipinski definition) is 1. The smallest absolute Gasteiger partial charge is 0.236 e. The second-order valence-corrected chi connectivity index (χ2v) is 3.80. The summed E-state index contributed by atoms with van der Waals surface area (Å²) in [6.45, 7) is 2.59. The summed E-state index contributed by atoms with van der Waals surface area (Å²) >= 11 is 0. The first kappa shape index (κ1) is 10.5. The van der Waals surface area contributed by atoms with Crippen molar-refractivity contribution in [2.75, 3.05) is 40.8 Å². The molecule has 1 aliphatic heterocycles. The Balaban J connectivity index is 2.28. The fourth-order valence-corrected chi connectivity index (χ4v) is 1.54. The number of amides is 1. The largest absolute Gasteiger partial charge is 0.348 e. The van der Waals surface area contributed by atoms with Gasteiger partial charge in [0.15, 0.2) is 0 Å². The molecule has 1 saturated heterocycles. The van der Waals surface area contributed by atoms with Crippen LogP contribution in [-0.2, 0) is 4.79 Å². The van der Waals surface area contributed by atoms with E-state index in [4.69, 9.17) is 0 Å². The van der Waals surface area contributed by atoms with E-state index in [0.29, 0.717) is 12.6 Å². The van der Waals surface area contributed by atoms with Crippen LogP contribution in [0.4, 0.5) is 0 Å². The number of likely N-dealkylation sites (tertiary alicyclic amines) is 1. The zero-order valence-corrected chi connectivity index (χ0v) is 8.71. The molecule has 1 N–H and O–H groups in total. The first-order valence-corrected chi connectivity index (χ1v) is 4.73. The minimum atomic E-state index is 0.191. The van der Waals surface area contributed by atoms with Gasteiger partial charge in [0.25, 0.3) is 0 Å². The third kappa shape index (κ3) is 2.97. The monoisotopic (exact) mass is 185 g/mol. The molecule has 0 aromatic rings. The molecule has 0 radical (unpaired) electrons. The van der Waals surface area contributed by atoms with Gasteiger partial charge in [0.2, 0.25) is 5.91 Å². The minimum absolute atomic E-state index is 0.191. The quantitative estimate of drug-likeness (QED) is 0.636. The van der Waals surface area contributed by atoms with E-state index in [0.717, 1.165) is 19.5 Å². The molecule has 13 heavy (non-hydrogen) atoms. The number of nitrogens with zero attached hydrogens (tertiary/aromatic N) is 2. The maximum Gasteiger partial charge on any atom is 0.236 e. The van der Waals surface area contributed by atoms with Gasteiger partial charge in [0.1, 0.15) is 0 Å². The summed E-state index contributed by atoms with van der Waals surface area (Å²) < 4.78 is 0. The molecule has 0 saturated carbocycles. The molecule has 0 spiro atoms. The molecule has 0 aromatic heterocycles. The molecule has 4 nitrogen and oxygen atoms in total. The molecule has 1 rings (SSSR count). The van der Waals surface area contributed by atoms with Crippen LogP contribution in [0.5, 0.6) is 0 Å². The van der Waals surface area contributed by atoms with Gasteiger partial charge in [-0.15, -0.1) is 0 Å². The predicted octanol–water partition coefficient (Wildman–Crippen LogP) is -0.632. The van der Waals surface area contributed by atoms with Gasteiger partial charge in [-0.25, -0.2) is 0 Å². The molecule has 4 heteroatoms. The Morgan fingerprint density at radius 2 is 2.31 bits per heavy atom. The van der Waals surface area contributed by atoms with Crippen LogP contribution in [0.15, 0.2) is 0 Å². The Morgan fingerprint density at radius 3 is 2.77 bits per heavy atom. The standard InChI is InChI=1S/C9H19N3O/c1-10-8-4-5-12(6-8)7-9(13)11(2)3/h8,10H,4-7H2,1-3H3. The molecular formula is C9H19N3O. The van der Waals surface area contributed by atoms with Crippen LogP contribution in [0, 0.1) is 0 Å². The van der Waals surface area contributed by atoms with Crippen molar-refractivity contribution >= 4 is 5.91 Å². The summed E-state index contributed by atoms with van der Waals surface area (Å²) in [5, 5.41) is 3.23. The molecule has 1 atom stereocenters. The van der Waals surface area contributed by atoms with Gasteiger partial charge in [-0.3, -0.25) is 9.69 Å². The zero-order valence-electron chi connectivity index (χ0n) is 8.71. The molecule has 1 unspecified atom stereocenters. The lowest BCUT2D eigenvalue weighted by Gasteiger charge is -2.18. The van der Waals surface area contributed by atoms with Crippen molar-refractivity contribution in [1.29, 1.82) is 0 Å². The topological polar surface area (TPSA) is 35.6 Å². The van der Waals surface area contributed by atoms with Crippen molar-refractivity contribution in [3.8, 4) is 0 Å². The average Bonchev–Trinajstić information content (AvgIpc) is 2.52. The van der Waals surface area contributed by atoms with Crippen LogP contribution in [0.2, 0.25) is 0 Å². The second kappa shape index (κ2) is 4.58. The van der Waals surface area contributed by atoms with E-state index in [1.54, 1.807) is 19.0 Å². The summed E-state index contributed by atoms with van der Waals surface area (Å²) in [4.78, 5) is 15.2. The van der Waals surface area contributed by atoms with Crippen molar-refractivity contribution in [2.45, 2.75) is 12.5 Å². The zero-order chi connectivity index (χ0) is 9.84. The van der Waals surface area contributed by atoms with Crippen molar-refractivity contribution in [1.82, 2.24) is 15.1 Å². The summed E-state index contributed by atoms with van der Waals surface area (Å²) in [6, 6.07) is 0.565. The van der Waals surface area contributed by atoms with E-state index in [9.17, 15) is 4.79 Å². The fourth-order valence-electron chi connectivity index (χ4n) is 1.54. The van der Waals surface area contributed by atoms with E-state index >= 15 is 0 Å². The lowest BCUT2D eigenvalue weighted by Crippen LogP contribution is -2.37. The summed E-state index contributed by atoms with van der Waals surface area (Å²) in [7, 11) is 5.57. The van der Waals surface area contributed by atoms with Crippen LogP contribution < -0.4 is 5.32 Å². The van der Waals surface area contributed by atoms with Crippen molar-refractivity contribution in [3.63, 3.8) is 0 Å². The van der Waals surface area contributed by atoms with Crippen LogP contribution in [-0.4, -0.2) is 62.5 Å². The van der Waals surface area contributed by atoms with Crippen molar-refractivity contribution in [2.24, 2.45) is 0 Å². The first-order chi connectivity index (χ1) is 6.13. The van der Waals surface area contributed by atoms with Gasteiger partial charge >= 0.3 is 0 Å². The van der Waals surface area contributed by atoms with E-state index < -0.39 is 0 Å². The van der Waals surface area contributed by atoms with Gasteiger partial charge in [-0.05, 0) is 13.5 Å². The lowest BCUT2D eigenvalue weighted by molar-refractivity contribution is -0.129. The highest BCUT2D eigenvalue weighted by Crippen LogP contribution is 2.07. The molecule has 1 amide bonds. The number of nitrogens with one attached hydrogen (secondary N) is 1. The molecule has 1 heterocycles. The first-order valence-electron chi connectivity index (χ1n) is 4.73. The molecule has 0 bridgehead atoms. The normalized spacial score (nSPS) is 23.5. The maximum absolute atomic E-state index is 11.4. The van der Waals surface area contributed by atoms with E-state index in [1.807, 2.05) is 7.05 Å². The Morgan fingerprint density at radius 1 is 1.62 bits per heavy atom. The molecule has 0 aliphatic carbocycles. The van der Waals surface area contributed by atoms with Gasteiger partial charge in [0.05, 0.1) is 6.54 Å². The molecule has 1 aliphatic rings. The lowest BCUT2D eigenvalue weighted by atomic mass is 10.3. The maximum atomic E-state index is 11.4. The number of carbonyl (C=O) groups excluding carboxylic acids is 1. The fraction of sp³-hybridized carbons (Fsp3) is 0.889. The summed E-state index contributed by atoms with van der Waals surface area (Å²) in [5.41, 5.74) is 0. The van der Waals surface area contributed by atoms with Gasteiger partial charge in [-0.1, -0.05) is 0 Å². The number of likely N-dealkylation sites (N-methyl/N-ethyl adjacent to an activating group) is 2. The SMILES string of the molecule is CNC1CCN(CC(=O)N(C)C)C1. The van der Waals surface area contributed by atoms with Crippen molar-refractivity contribution in [3.05, 3.63) is 0 Å². The van der Waals surface area contributed by atoms with Crippen molar-refractivity contribution < 1.29 is 4.79 Å². The molecule has 76 valence electrons. The highest BCUT2D eigenvalue weighted by atomic mass is 16.2. The third-order valence-corrected chi connectivity index (χ3v) is 2.54. The van der Waals surface area contributed by atoms with Gasteiger partial charge < -0.3 is 10.2 Å². The highest BCUT2D eigenvalue weighted by Gasteiger charge is 2.22. The van der Waals surface area contributed by atoms with Crippen LogP contribution in [0.3, 0.4) is 0 Å². The summed E-state index contributed by atoms with van der Waals surface area (Å²) in [5.74, 6) is 0.191. The van der Waals surface area contributed by atoms with E-state index in [1.165, 1.54) is 0 Å². The van der Waals surface area contributed by atoms with Gasteiger partial charge in [-0.2, -0.15) is 0 Å². The number of rotatable bonds is 3. The predicted molar refractivity (Wildman–Crippen MR) is 52.6 cm³/mol. The molecule has 1 fully saturated rings. The number of hydrogen-bond acceptors (Lipinski definition) is 3. The third-order valence-electron chi connectivity index (χ3n) is 2.54. The van der Waals surface area contributed by atoms with Crippen LogP contribution in [0.25, 0.3) is 0 Å². The molecule has 0 aromatic carbocycles. The summed E-state index contributed by atoms with van der Waals surface area (Å²) in [6.07, 6.45) is 1.15. The Labute approximate surface area is 79.9 Å². The van der Waals surface area contributed by atoms with E-state index in [-0.39, 0.29) is 5.91 Å². The average molecular weight is 185 g/mol. The number of carbonyl (C=O) groups is 1. The Bertz CT molecular complexity index is 182. The minimum Gasteiger partial charge on any atom is -0.348 e. The van der Waals surface area contributed by atoms with Crippen LogP contribution in [0.1, 0.15) is 6.42 Å². The second-order valence-electron chi connectivity index (χ2n) is 3.80. The van der Waals surface area contributed by atoms with E-state index in [2.05, 4.69) is 10.2 Å².